The molecular weight excluding hydrogens is 288 g/mol. The number of rotatable bonds is 5. The molecule has 1 aliphatic carbocycles. The molecule has 2 aromatic heterocycles. The minimum absolute atomic E-state index is 0.459. The van der Waals surface area contributed by atoms with Crippen molar-refractivity contribution < 1.29 is 0 Å². The summed E-state index contributed by atoms with van der Waals surface area (Å²) < 4.78 is 0. The molecule has 0 atom stereocenters. The summed E-state index contributed by atoms with van der Waals surface area (Å²) in [6.07, 6.45) is 12.7. The van der Waals surface area contributed by atoms with Crippen molar-refractivity contribution in [3.63, 3.8) is 0 Å². The highest BCUT2D eigenvalue weighted by atomic mass is 15.1. The quantitative estimate of drug-likeness (QED) is 0.735. The fourth-order valence-electron chi connectivity index (χ4n) is 2.96. The van der Waals surface area contributed by atoms with Gasteiger partial charge in [0.05, 0.1) is 0 Å². The van der Waals surface area contributed by atoms with Gasteiger partial charge >= 0.3 is 0 Å². The van der Waals surface area contributed by atoms with Crippen molar-refractivity contribution in [2.45, 2.75) is 51.1 Å². The summed E-state index contributed by atoms with van der Waals surface area (Å²) in [5, 5.41) is 6.76. The molecule has 0 aliphatic heterocycles. The Bertz CT molecular complexity index is 608. The Hall–Kier alpha value is -2.37. The monoisotopic (exact) mass is 312 g/mol. The highest BCUT2D eigenvalue weighted by molar-refractivity contribution is 5.74. The van der Waals surface area contributed by atoms with Crippen LogP contribution < -0.4 is 16.4 Å². The number of aromatic nitrogens is 3. The Labute approximate surface area is 137 Å². The zero-order valence-corrected chi connectivity index (χ0v) is 13.3. The summed E-state index contributed by atoms with van der Waals surface area (Å²) >= 11 is 0. The summed E-state index contributed by atoms with van der Waals surface area (Å²) in [7, 11) is 0. The normalized spacial score (nSPS) is 15.8. The van der Waals surface area contributed by atoms with Crippen molar-refractivity contribution >= 4 is 17.3 Å². The van der Waals surface area contributed by atoms with E-state index < -0.39 is 0 Å². The number of nitrogens with two attached hydrogens (primary N) is 1. The standard InChI is InChI=1S/C17H24N6/c18-15-16(20-11-13-6-5-9-19-10-13)21-12-22-17(15)23-14-7-3-1-2-4-8-14/h5-6,9-10,12,14H,1-4,7-8,11,18H2,(H2,20,21,22,23). The molecule has 2 aromatic rings. The van der Waals surface area contributed by atoms with Crippen LogP contribution in [0.15, 0.2) is 30.9 Å². The maximum atomic E-state index is 6.24. The third-order valence-electron chi connectivity index (χ3n) is 4.26. The number of nitrogens with one attached hydrogen (secondary N) is 2. The van der Waals surface area contributed by atoms with Gasteiger partial charge in [0.15, 0.2) is 11.6 Å². The summed E-state index contributed by atoms with van der Waals surface area (Å²) in [4.78, 5) is 12.7. The number of nitrogens with zero attached hydrogens (tertiary/aromatic N) is 3. The molecule has 6 nitrogen and oxygen atoms in total. The van der Waals surface area contributed by atoms with Gasteiger partial charge in [0.25, 0.3) is 0 Å². The maximum Gasteiger partial charge on any atom is 0.155 e. The van der Waals surface area contributed by atoms with Gasteiger partial charge in [-0.15, -0.1) is 0 Å². The third-order valence-corrected chi connectivity index (χ3v) is 4.26. The summed E-state index contributed by atoms with van der Waals surface area (Å²) in [6, 6.07) is 4.39. The van der Waals surface area contributed by atoms with Crippen molar-refractivity contribution in [2.24, 2.45) is 0 Å². The van der Waals surface area contributed by atoms with Gasteiger partial charge in [-0.25, -0.2) is 9.97 Å². The minimum Gasteiger partial charge on any atom is -0.393 e. The fourth-order valence-corrected chi connectivity index (χ4v) is 2.96. The largest absolute Gasteiger partial charge is 0.393 e. The maximum absolute atomic E-state index is 6.24. The SMILES string of the molecule is Nc1c(NCc2cccnc2)ncnc1NC1CCCCCC1. The molecule has 3 rings (SSSR count). The molecule has 0 radical (unpaired) electrons. The fraction of sp³-hybridized carbons (Fsp3) is 0.471. The van der Waals surface area contributed by atoms with Crippen molar-refractivity contribution in [3.05, 3.63) is 36.4 Å². The Kier molecular flexibility index (Phi) is 5.24. The third kappa shape index (κ3) is 4.31. The first-order chi connectivity index (χ1) is 11.3. The molecule has 0 saturated heterocycles. The Morgan fingerprint density at radius 1 is 1.09 bits per heavy atom. The number of nitrogen functional groups attached to an aromatic ring is 1. The molecule has 23 heavy (non-hydrogen) atoms. The Balaban J connectivity index is 1.65. The number of hydrogen-bond donors (Lipinski definition) is 3. The molecule has 0 spiro atoms. The van der Waals surface area contributed by atoms with Gasteiger partial charge in [-0.1, -0.05) is 31.7 Å². The van der Waals surface area contributed by atoms with Crippen LogP contribution in [0.2, 0.25) is 0 Å². The molecule has 1 fully saturated rings. The molecule has 6 heteroatoms. The second-order valence-electron chi connectivity index (χ2n) is 6.03. The van der Waals surface area contributed by atoms with Gasteiger partial charge < -0.3 is 16.4 Å². The number of pyridine rings is 1. The van der Waals surface area contributed by atoms with E-state index in [1.807, 2.05) is 18.3 Å². The number of anilines is 3. The second-order valence-corrected chi connectivity index (χ2v) is 6.03. The lowest BCUT2D eigenvalue weighted by Crippen LogP contribution is -2.20. The summed E-state index contributed by atoms with van der Waals surface area (Å²) in [5.74, 6) is 1.40. The van der Waals surface area contributed by atoms with E-state index in [4.69, 9.17) is 5.73 Å². The average Bonchev–Trinajstić information content (AvgIpc) is 2.85. The van der Waals surface area contributed by atoms with E-state index >= 15 is 0 Å². The van der Waals surface area contributed by atoms with Gasteiger partial charge in [0.1, 0.15) is 12.0 Å². The van der Waals surface area contributed by atoms with Crippen LogP contribution in [-0.4, -0.2) is 21.0 Å². The topological polar surface area (TPSA) is 88.8 Å². The van der Waals surface area contributed by atoms with Crippen LogP contribution in [0, 0.1) is 0 Å². The molecule has 0 aromatic carbocycles. The van der Waals surface area contributed by atoms with Crippen LogP contribution >= 0.6 is 0 Å². The Morgan fingerprint density at radius 2 is 1.87 bits per heavy atom. The molecule has 2 heterocycles. The van der Waals surface area contributed by atoms with E-state index in [9.17, 15) is 0 Å². The molecule has 1 aliphatic rings. The van der Waals surface area contributed by atoms with Crippen LogP contribution in [0.1, 0.15) is 44.1 Å². The molecule has 0 unspecified atom stereocenters. The predicted molar refractivity (Wildman–Crippen MR) is 93.1 cm³/mol. The lowest BCUT2D eigenvalue weighted by Gasteiger charge is -2.19. The van der Waals surface area contributed by atoms with Gasteiger partial charge in [-0.3, -0.25) is 4.98 Å². The van der Waals surface area contributed by atoms with Gasteiger partial charge in [0.2, 0.25) is 0 Å². The molecule has 1 saturated carbocycles. The molecule has 0 bridgehead atoms. The Morgan fingerprint density at radius 3 is 2.61 bits per heavy atom. The highest BCUT2D eigenvalue weighted by Crippen LogP contribution is 2.26. The lowest BCUT2D eigenvalue weighted by molar-refractivity contribution is 0.618. The van der Waals surface area contributed by atoms with E-state index in [2.05, 4.69) is 25.6 Å². The first kappa shape index (κ1) is 15.5. The van der Waals surface area contributed by atoms with E-state index in [0.29, 0.717) is 24.1 Å². The summed E-state index contributed by atoms with van der Waals surface area (Å²) in [6.45, 7) is 0.637. The van der Waals surface area contributed by atoms with Crippen molar-refractivity contribution in [3.8, 4) is 0 Å². The van der Waals surface area contributed by atoms with Gasteiger partial charge in [-0.2, -0.15) is 0 Å². The average molecular weight is 312 g/mol. The molecule has 122 valence electrons. The van der Waals surface area contributed by atoms with E-state index in [1.165, 1.54) is 38.5 Å². The van der Waals surface area contributed by atoms with Crippen molar-refractivity contribution in [1.82, 2.24) is 15.0 Å². The first-order valence-corrected chi connectivity index (χ1v) is 8.32. The van der Waals surface area contributed by atoms with Crippen LogP contribution in [0.4, 0.5) is 17.3 Å². The molecule has 0 amide bonds. The van der Waals surface area contributed by atoms with E-state index in [1.54, 1.807) is 12.5 Å². The lowest BCUT2D eigenvalue weighted by atomic mass is 10.1. The zero-order chi connectivity index (χ0) is 15.9. The smallest absolute Gasteiger partial charge is 0.155 e. The predicted octanol–water partition coefficient (Wildman–Crippen LogP) is 3.20. The van der Waals surface area contributed by atoms with E-state index in [-0.39, 0.29) is 0 Å². The zero-order valence-electron chi connectivity index (χ0n) is 13.3. The van der Waals surface area contributed by atoms with Crippen LogP contribution in [0.5, 0.6) is 0 Å². The first-order valence-electron chi connectivity index (χ1n) is 8.32. The minimum atomic E-state index is 0.459. The van der Waals surface area contributed by atoms with Crippen molar-refractivity contribution in [1.29, 1.82) is 0 Å². The van der Waals surface area contributed by atoms with Gasteiger partial charge in [0, 0.05) is 25.0 Å². The summed E-state index contributed by atoms with van der Waals surface area (Å²) in [5.41, 5.74) is 7.91. The second kappa shape index (κ2) is 7.76. The molecular formula is C17H24N6. The van der Waals surface area contributed by atoms with Gasteiger partial charge in [-0.05, 0) is 24.5 Å². The molecule has 4 N–H and O–H groups in total. The van der Waals surface area contributed by atoms with Crippen molar-refractivity contribution in [2.75, 3.05) is 16.4 Å². The van der Waals surface area contributed by atoms with E-state index in [0.717, 1.165) is 11.4 Å². The highest BCUT2D eigenvalue weighted by Gasteiger charge is 2.15. The van der Waals surface area contributed by atoms with Crippen LogP contribution in [0.25, 0.3) is 0 Å². The van der Waals surface area contributed by atoms with Crippen LogP contribution in [0.3, 0.4) is 0 Å². The number of hydrogen-bond acceptors (Lipinski definition) is 6. The van der Waals surface area contributed by atoms with Crippen LogP contribution in [-0.2, 0) is 6.54 Å².